The van der Waals surface area contributed by atoms with Crippen molar-refractivity contribution >= 4 is 11.3 Å². The molecule has 78 valence electrons. The summed E-state index contributed by atoms with van der Waals surface area (Å²) in [4.78, 5) is 9.60. The van der Waals surface area contributed by atoms with Crippen LogP contribution in [-0.2, 0) is 13.1 Å². The van der Waals surface area contributed by atoms with Crippen molar-refractivity contribution in [3.63, 3.8) is 0 Å². The third-order valence-electron chi connectivity index (χ3n) is 2.06. The van der Waals surface area contributed by atoms with E-state index in [1.165, 1.54) is 10.4 Å². The topological polar surface area (TPSA) is 37.8 Å². The number of rotatable bonds is 4. The van der Waals surface area contributed by atoms with Crippen molar-refractivity contribution in [1.29, 1.82) is 0 Å². The van der Waals surface area contributed by atoms with Crippen LogP contribution in [0.2, 0.25) is 0 Å². The molecular formula is C11H13N3S. The molecule has 0 aliphatic rings. The summed E-state index contributed by atoms with van der Waals surface area (Å²) in [6, 6.07) is 4.13. The lowest BCUT2D eigenvalue weighted by Crippen LogP contribution is -2.12. The van der Waals surface area contributed by atoms with Crippen molar-refractivity contribution in [2.75, 3.05) is 0 Å². The Morgan fingerprint density at radius 3 is 2.87 bits per heavy atom. The standard InChI is InChI=1S/C11H13N3S/c1-9-2-3-10(14-4-9)5-12-6-11-7-13-8-15-11/h2-4,7-8,12H,5-6H2,1H3. The van der Waals surface area contributed by atoms with E-state index in [2.05, 4.69) is 27.4 Å². The summed E-state index contributed by atoms with van der Waals surface area (Å²) in [5, 5.41) is 3.33. The van der Waals surface area contributed by atoms with Gasteiger partial charge >= 0.3 is 0 Å². The maximum Gasteiger partial charge on any atom is 0.0794 e. The molecule has 0 saturated carbocycles. The van der Waals surface area contributed by atoms with Crippen molar-refractivity contribution in [2.45, 2.75) is 20.0 Å². The Morgan fingerprint density at radius 2 is 2.20 bits per heavy atom. The largest absolute Gasteiger partial charge is 0.306 e. The summed E-state index contributed by atoms with van der Waals surface area (Å²) in [5.41, 5.74) is 4.12. The lowest BCUT2D eigenvalue weighted by atomic mass is 10.3. The van der Waals surface area contributed by atoms with E-state index in [9.17, 15) is 0 Å². The molecule has 3 nitrogen and oxygen atoms in total. The summed E-state index contributed by atoms with van der Waals surface area (Å²) < 4.78 is 0. The molecule has 0 saturated heterocycles. The summed E-state index contributed by atoms with van der Waals surface area (Å²) in [6.07, 6.45) is 3.78. The molecule has 0 aliphatic carbocycles. The number of aromatic nitrogens is 2. The molecule has 0 bridgehead atoms. The highest BCUT2D eigenvalue weighted by Gasteiger charge is 1.96. The van der Waals surface area contributed by atoms with E-state index in [1.54, 1.807) is 11.3 Å². The molecule has 0 fully saturated rings. The quantitative estimate of drug-likeness (QED) is 0.856. The highest BCUT2D eigenvalue weighted by Crippen LogP contribution is 2.05. The van der Waals surface area contributed by atoms with Crippen LogP contribution in [0.3, 0.4) is 0 Å². The first kappa shape index (κ1) is 10.3. The molecule has 0 amide bonds. The average molecular weight is 219 g/mol. The van der Waals surface area contributed by atoms with Crippen LogP contribution in [0.1, 0.15) is 16.1 Å². The molecule has 15 heavy (non-hydrogen) atoms. The second-order valence-electron chi connectivity index (χ2n) is 3.40. The van der Waals surface area contributed by atoms with Crippen molar-refractivity contribution in [1.82, 2.24) is 15.3 Å². The fourth-order valence-electron chi connectivity index (χ4n) is 1.25. The van der Waals surface area contributed by atoms with Gasteiger partial charge in [-0.1, -0.05) is 6.07 Å². The smallest absolute Gasteiger partial charge is 0.0794 e. The van der Waals surface area contributed by atoms with Crippen LogP contribution in [0.4, 0.5) is 0 Å². The molecule has 2 aromatic heterocycles. The van der Waals surface area contributed by atoms with Crippen LogP contribution in [0.15, 0.2) is 30.0 Å². The van der Waals surface area contributed by atoms with Gasteiger partial charge in [-0.3, -0.25) is 9.97 Å². The Labute approximate surface area is 93.2 Å². The van der Waals surface area contributed by atoms with Gasteiger partial charge in [-0.2, -0.15) is 0 Å². The molecule has 0 aliphatic heterocycles. The molecule has 2 heterocycles. The van der Waals surface area contributed by atoms with Gasteiger partial charge in [0.25, 0.3) is 0 Å². The zero-order valence-corrected chi connectivity index (χ0v) is 9.42. The monoisotopic (exact) mass is 219 g/mol. The van der Waals surface area contributed by atoms with Gasteiger partial charge in [-0.25, -0.2) is 0 Å². The fraction of sp³-hybridized carbons (Fsp3) is 0.273. The van der Waals surface area contributed by atoms with E-state index < -0.39 is 0 Å². The van der Waals surface area contributed by atoms with Gasteiger partial charge in [0.15, 0.2) is 0 Å². The number of pyridine rings is 1. The minimum absolute atomic E-state index is 0.804. The fourth-order valence-corrected chi connectivity index (χ4v) is 1.81. The maximum absolute atomic E-state index is 4.32. The predicted octanol–water partition coefficient (Wildman–Crippen LogP) is 2.14. The van der Waals surface area contributed by atoms with Gasteiger partial charge in [-0.05, 0) is 18.6 Å². The zero-order valence-electron chi connectivity index (χ0n) is 8.60. The lowest BCUT2D eigenvalue weighted by molar-refractivity contribution is 0.685. The van der Waals surface area contributed by atoms with Gasteiger partial charge in [-0.15, -0.1) is 11.3 Å². The van der Waals surface area contributed by atoms with Crippen molar-refractivity contribution < 1.29 is 0 Å². The first-order valence-electron chi connectivity index (χ1n) is 4.84. The minimum atomic E-state index is 0.804. The minimum Gasteiger partial charge on any atom is -0.306 e. The van der Waals surface area contributed by atoms with E-state index in [1.807, 2.05) is 24.8 Å². The van der Waals surface area contributed by atoms with E-state index in [4.69, 9.17) is 0 Å². The van der Waals surface area contributed by atoms with E-state index in [-0.39, 0.29) is 0 Å². The number of hydrogen-bond donors (Lipinski definition) is 1. The molecule has 0 atom stereocenters. The lowest BCUT2D eigenvalue weighted by Gasteiger charge is -2.02. The third-order valence-corrected chi connectivity index (χ3v) is 2.84. The van der Waals surface area contributed by atoms with Gasteiger partial charge < -0.3 is 5.32 Å². The number of nitrogens with one attached hydrogen (secondary N) is 1. The van der Waals surface area contributed by atoms with Gasteiger partial charge in [0, 0.05) is 30.4 Å². The number of thiazole rings is 1. The summed E-state index contributed by atoms with van der Waals surface area (Å²) in [5.74, 6) is 0. The molecule has 0 radical (unpaired) electrons. The van der Waals surface area contributed by atoms with Crippen LogP contribution in [0.25, 0.3) is 0 Å². The van der Waals surface area contributed by atoms with Crippen molar-refractivity contribution in [3.05, 3.63) is 46.2 Å². The molecular weight excluding hydrogens is 206 g/mol. The van der Waals surface area contributed by atoms with Crippen LogP contribution in [-0.4, -0.2) is 9.97 Å². The molecule has 2 aromatic rings. The summed E-state index contributed by atoms with van der Waals surface area (Å²) in [6.45, 7) is 3.71. The second-order valence-corrected chi connectivity index (χ2v) is 4.37. The predicted molar refractivity (Wildman–Crippen MR) is 61.6 cm³/mol. The van der Waals surface area contributed by atoms with Gasteiger partial charge in [0.1, 0.15) is 0 Å². The second kappa shape index (κ2) is 5.00. The van der Waals surface area contributed by atoms with Crippen LogP contribution >= 0.6 is 11.3 Å². The van der Waals surface area contributed by atoms with E-state index >= 15 is 0 Å². The van der Waals surface area contributed by atoms with E-state index in [0.29, 0.717) is 0 Å². The number of nitrogens with zero attached hydrogens (tertiary/aromatic N) is 2. The van der Waals surface area contributed by atoms with Crippen LogP contribution in [0.5, 0.6) is 0 Å². The third kappa shape index (κ3) is 3.11. The highest BCUT2D eigenvalue weighted by molar-refractivity contribution is 7.09. The first-order valence-corrected chi connectivity index (χ1v) is 5.72. The first-order chi connectivity index (χ1) is 7.34. The Morgan fingerprint density at radius 1 is 1.27 bits per heavy atom. The summed E-state index contributed by atoms with van der Waals surface area (Å²) in [7, 11) is 0. The number of aryl methyl sites for hydroxylation is 1. The molecule has 0 unspecified atom stereocenters. The van der Waals surface area contributed by atoms with Gasteiger partial charge in [0.05, 0.1) is 11.2 Å². The van der Waals surface area contributed by atoms with Crippen LogP contribution in [0, 0.1) is 6.92 Å². The Balaban J connectivity index is 1.81. The highest BCUT2D eigenvalue weighted by atomic mass is 32.1. The Bertz CT molecular complexity index is 394. The van der Waals surface area contributed by atoms with Crippen molar-refractivity contribution in [2.24, 2.45) is 0 Å². The maximum atomic E-state index is 4.32. The molecule has 2 rings (SSSR count). The average Bonchev–Trinajstić information content (AvgIpc) is 2.74. The molecule has 4 heteroatoms. The van der Waals surface area contributed by atoms with Crippen LogP contribution < -0.4 is 5.32 Å². The molecule has 0 aromatic carbocycles. The zero-order chi connectivity index (χ0) is 10.5. The molecule has 0 spiro atoms. The number of hydrogen-bond acceptors (Lipinski definition) is 4. The normalized spacial score (nSPS) is 10.5. The van der Waals surface area contributed by atoms with Crippen molar-refractivity contribution in [3.8, 4) is 0 Å². The Hall–Kier alpha value is -1.26. The SMILES string of the molecule is Cc1ccc(CNCc2cncs2)nc1. The van der Waals surface area contributed by atoms with Gasteiger partial charge in [0.2, 0.25) is 0 Å². The summed E-state index contributed by atoms with van der Waals surface area (Å²) >= 11 is 1.67. The molecule has 1 N–H and O–H groups in total. The van der Waals surface area contributed by atoms with E-state index in [0.717, 1.165) is 18.8 Å². The Kier molecular flexibility index (Phi) is 3.42.